The Morgan fingerprint density at radius 1 is 1.43 bits per heavy atom. The van der Waals surface area contributed by atoms with Crippen LogP contribution < -0.4 is 0 Å². The van der Waals surface area contributed by atoms with Crippen LogP contribution in [0.3, 0.4) is 0 Å². The Balaban J connectivity index is 2.93. The van der Waals surface area contributed by atoms with E-state index in [-0.39, 0.29) is 13.0 Å². The van der Waals surface area contributed by atoms with E-state index in [0.29, 0.717) is 10.7 Å². The standard InChI is InChI=1S/C6H10F3NO3S/c7-6(8,9)14(12,13)10-3-1-2-5(10)4-11/h5,11H,1-4H2/t5-/m0/s1. The molecule has 0 saturated carbocycles. The first kappa shape index (κ1) is 11.7. The molecule has 0 unspecified atom stereocenters. The number of alkyl halides is 3. The summed E-state index contributed by atoms with van der Waals surface area (Å²) in [5, 5.41) is 8.69. The lowest BCUT2D eigenvalue weighted by molar-refractivity contribution is -0.0497. The Kier molecular flexibility index (Phi) is 3.07. The molecule has 0 aromatic rings. The molecule has 14 heavy (non-hydrogen) atoms. The van der Waals surface area contributed by atoms with Crippen molar-refractivity contribution in [2.75, 3.05) is 13.2 Å². The molecule has 1 rings (SSSR count). The van der Waals surface area contributed by atoms with E-state index in [2.05, 4.69) is 0 Å². The second-order valence-corrected chi connectivity index (χ2v) is 4.92. The fourth-order valence-corrected chi connectivity index (χ4v) is 2.64. The molecule has 1 aliphatic heterocycles. The van der Waals surface area contributed by atoms with Crippen molar-refractivity contribution in [2.24, 2.45) is 0 Å². The molecule has 0 spiro atoms. The van der Waals surface area contributed by atoms with Crippen LogP contribution in [0.15, 0.2) is 0 Å². The van der Waals surface area contributed by atoms with Crippen molar-refractivity contribution in [1.29, 1.82) is 0 Å². The largest absolute Gasteiger partial charge is 0.511 e. The second kappa shape index (κ2) is 3.67. The van der Waals surface area contributed by atoms with Gasteiger partial charge in [-0.05, 0) is 12.8 Å². The van der Waals surface area contributed by atoms with E-state index in [1.165, 1.54) is 0 Å². The molecule has 0 bridgehead atoms. The molecule has 1 N–H and O–H groups in total. The summed E-state index contributed by atoms with van der Waals surface area (Å²) in [6.07, 6.45) is 0.617. The molecule has 8 heteroatoms. The van der Waals surface area contributed by atoms with Crippen molar-refractivity contribution in [3.8, 4) is 0 Å². The van der Waals surface area contributed by atoms with Crippen molar-refractivity contribution < 1.29 is 26.7 Å². The third-order valence-corrected chi connectivity index (χ3v) is 3.82. The highest BCUT2D eigenvalue weighted by Crippen LogP contribution is 2.31. The average Bonchev–Trinajstić information content (AvgIpc) is 2.49. The molecule has 0 aromatic carbocycles. The van der Waals surface area contributed by atoms with Crippen LogP contribution in [0.25, 0.3) is 0 Å². The number of hydrogen-bond acceptors (Lipinski definition) is 3. The number of hydrogen-bond donors (Lipinski definition) is 1. The van der Waals surface area contributed by atoms with E-state index >= 15 is 0 Å². The van der Waals surface area contributed by atoms with Crippen LogP contribution in [0.2, 0.25) is 0 Å². The van der Waals surface area contributed by atoms with E-state index in [1.54, 1.807) is 0 Å². The maximum atomic E-state index is 12.1. The van der Waals surface area contributed by atoms with Gasteiger partial charge in [-0.3, -0.25) is 0 Å². The van der Waals surface area contributed by atoms with Gasteiger partial charge in [0, 0.05) is 12.6 Å². The molecule has 0 amide bonds. The van der Waals surface area contributed by atoms with Crippen molar-refractivity contribution in [3.63, 3.8) is 0 Å². The van der Waals surface area contributed by atoms with Gasteiger partial charge in [-0.1, -0.05) is 0 Å². The number of sulfonamides is 1. The summed E-state index contributed by atoms with van der Waals surface area (Å²) in [6.45, 7) is -0.748. The topological polar surface area (TPSA) is 57.6 Å². The monoisotopic (exact) mass is 233 g/mol. The molecule has 1 aliphatic rings. The minimum atomic E-state index is -5.27. The minimum absolute atomic E-state index is 0.174. The quantitative estimate of drug-likeness (QED) is 0.746. The lowest BCUT2D eigenvalue weighted by Gasteiger charge is -2.23. The molecule has 4 nitrogen and oxygen atoms in total. The number of aliphatic hydroxyl groups is 1. The Hall–Kier alpha value is -0.340. The fraction of sp³-hybridized carbons (Fsp3) is 1.00. The summed E-state index contributed by atoms with van der Waals surface area (Å²) in [5.41, 5.74) is -5.27. The molecule has 84 valence electrons. The zero-order valence-corrected chi connectivity index (χ0v) is 7.98. The highest BCUT2D eigenvalue weighted by Gasteiger charge is 2.52. The van der Waals surface area contributed by atoms with Crippen LogP contribution in [0, 0.1) is 0 Å². The minimum Gasteiger partial charge on any atom is -0.395 e. The van der Waals surface area contributed by atoms with E-state index in [0.717, 1.165) is 0 Å². The zero-order valence-electron chi connectivity index (χ0n) is 7.16. The lowest BCUT2D eigenvalue weighted by Crippen LogP contribution is -2.44. The Morgan fingerprint density at radius 3 is 2.43 bits per heavy atom. The Morgan fingerprint density at radius 2 is 2.00 bits per heavy atom. The van der Waals surface area contributed by atoms with Gasteiger partial charge in [0.15, 0.2) is 0 Å². The van der Waals surface area contributed by atoms with Crippen molar-refractivity contribution >= 4 is 10.0 Å². The van der Waals surface area contributed by atoms with Gasteiger partial charge in [-0.15, -0.1) is 0 Å². The van der Waals surface area contributed by atoms with E-state index in [4.69, 9.17) is 5.11 Å². The van der Waals surface area contributed by atoms with E-state index < -0.39 is 28.2 Å². The van der Waals surface area contributed by atoms with Gasteiger partial charge in [0.05, 0.1) is 6.61 Å². The van der Waals surface area contributed by atoms with Crippen LogP contribution >= 0.6 is 0 Å². The zero-order chi connectivity index (χ0) is 11.0. The van der Waals surface area contributed by atoms with Gasteiger partial charge in [0.1, 0.15) is 0 Å². The SMILES string of the molecule is O=S(=O)(N1CCC[C@H]1CO)C(F)(F)F. The number of nitrogens with zero attached hydrogens (tertiary/aromatic N) is 1. The third kappa shape index (κ3) is 1.86. The lowest BCUT2D eigenvalue weighted by atomic mass is 10.2. The van der Waals surface area contributed by atoms with Crippen LogP contribution in [0.4, 0.5) is 13.2 Å². The third-order valence-electron chi connectivity index (χ3n) is 2.14. The highest BCUT2D eigenvalue weighted by molar-refractivity contribution is 7.90. The first-order valence-corrected chi connectivity index (χ1v) is 5.43. The molecule has 1 heterocycles. The van der Waals surface area contributed by atoms with Gasteiger partial charge in [0.2, 0.25) is 0 Å². The van der Waals surface area contributed by atoms with Gasteiger partial charge < -0.3 is 5.11 Å². The van der Waals surface area contributed by atoms with Crippen molar-refractivity contribution in [1.82, 2.24) is 4.31 Å². The predicted molar refractivity (Wildman–Crippen MR) is 41.8 cm³/mol. The summed E-state index contributed by atoms with van der Waals surface area (Å²) in [7, 11) is -5.26. The number of aliphatic hydroxyl groups excluding tert-OH is 1. The first-order valence-electron chi connectivity index (χ1n) is 3.99. The molecule has 0 aromatic heterocycles. The summed E-state index contributed by atoms with van der Waals surface area (Å²) in [4.78, 5) is 0. The second-order valence-electron chi connectivity index (χ2n) is 3.04. The smallest absolute Gasteiger partial charge is 0.395 e. The van der Waals surface area contributed by atoms with Crippen LogP contribution in [0.5, 0.6) is 0 Å². The molecule has 0 aliphatic carbocycles. The first-order chi connectivity index (χ1) is 6.30. The van der Waals surface area contributed by atoms with E-state index in [9.17, 15) is 21.6 Å². The highest BCUT2D eigenvalue weighted by atomic mass is 32.2. The van der Waals surface area contributed by atoms with Crippen molar-refractivity contribution in [2.45, 2.75) is 24.4 Å². The summed E-state index contributed by atoms with van der Waals surface area (Å²) in [6, 6.07) is -0.929. The maximum absolute atomic E-state index is 12.1. The maximum Gasteiger partial charge on any atom is 0.511 e. The summed E-state index contributed by atoms with van der Waals surface area (Å²) >= 11 is 0. The average molecular weight is 233 g/mol. The molecule has 0 radical (unpaired) electrons. The van der Waals surface area contributed by atoms with E-state index in [1.807, 2.05) is 0 Å². The Bertz CT molecular complexity index is 300. The van der Waals surface area contributed by atoms with Gasteiger partial charge in [-0.25, -0.2) is 8.42 Å². The predicted octanol–water partition coefficient (Wildman–Crippen LogP) is 0.293. The summed E-state index contributed by atoms with van der Waals surface area (Å²) < 4.78 is 58.4. The van der Waals surface area contributed by atoms with Crippen LogP contribution in [0.1, 0.15) is 12.8 Å². The molecule has 1 atom stereocenters. The number of halogens is 3. The van der Waals surface area contributed by atoms with Crippen LogP contribution in [-0.4, -0.2) is 42.5 Å². The molecule has 1 saturated heterocycles. The van der Waals surface area contributed by atoms with Gasteiger partial charge in [0.25, 0.3) is 0 Å². The molecule has 1 fully saturated rings. The molecular formula is C6H10F3NO3S. The normalized spacial score (nSPS) is 25.6. The Labute approximate surface area is 79.4 Å². The van der Waals surface area contributed by atoms with Gasteiger partial charge >= 0.3 is 15.5 Å². The summed E-state index contributed by atoms with van der Waals surface area (Å²) in [5.74, 6) is 0. The molecular weight excluding hydrogens is 223 g/mol. The van der Waals surface area contributed by atoms with Crippen LogP contribution in [-0.2, 0) is 10.0 Å². The van der Waals surface area contributed by atoms with Gasteiger partial charge in [-0.2, -0.15) is 17.5 Å². The fourth-order valence-electron chi connectivity index (χ4n) is 1.44. The number of rotatable bonds is 2. The van der Waals surface area contributed by atoms with Crippen molar-refractivity contribution in [3.05, 3.63) is 0 Å².